The highest BCUT2D eigenvalue weighted by molar-refractivity contribution is 7.92. The average molecular weight is 426 g/mol. The monoisotopic (exact) mass is 425 g/mol. The third-order valence-electron chi connectivity index (χ3n) is 3.51. The summed E-state index contributed by atoms with van der Waals surface area (Å²) in [5.41, 5.74) is 0.936. The van der Waals surface area contributed by atoms with E-state index in [2.05, 4.69) is 15.2 Å². The van der Waals surface area contributed by atoms with E-state index in [9.17, 15) is 13.2 Å². The summed E-state index contributed by atoms with van der Waals surface area (Å²) in [4.78, 5) is 12.1. The van der Waals surface area contributed by atoms with Crippen molar-refractivity contribution in [1.82, 2.24) is 5.16 Å². The van der Waals surface area contributed by atoms with Gasteiger partial charge in [-0.1, -0.05) is 34.4 Å². The smallest absolute Gasteiger partial charge is 0.261 e. The van der Waals surface area contributed by atoms with Crippen molar-refractivity contribution < 1.29 is 17.7 Å². The van der Waals surface area contributed by atoms with Crippen LogP contribution < -0.4 is 10.0 Å². The van der Waals surface area contributed by atoms with Gasteiger partial charge in [0, 0.05) is 15.7 Å². The number of aromatic nitrogens is 1. The highest BCUT2D eigenvalue weighted by atomic mass is 35.5. The van der Waals surface area contributed by atoms with E-state index in [1.165, 1.54) is 30.5 Å². The number of nitrogens with one attached hydrogen (secondary N) is 2. The van der Waals surface area contributed by atoms with Gasteiger partial charge in [-0.3, -0.25) is 9.52 Å². The van der Waals surface area contributed by atoms with Gasteiger partial charge >= 0.3 is 0 Å². The highest BCUT2D eigenvalue weighted by Gasteiger charge is 2.17. The molecule has 0 saturated carbocycles. The van der Waals surface area contributed by atoms with Gasteiger partial charge in [0.1, 0.15) is 11.3 Å². The molecule has 0 radical (unpaired) electrons. The van der Waals surface area contributed by atoms with E-state index in [0.717, 1.165) is 0 Å². The fourth-order valence-corrected chi connectivity index (χ4v) is 4.05. The van der Waals surface area contributed by atoms with E-state index in [0.29, 0.717) is 11.4 Å². The maximum atomic E-state index is 12.5. The van der Waals surface area contributed by atoms with Crippen LogP contribution in [0.4, 0.5) is 11.4 Å². The van der Waals surface area contributed by atoms with Crippen molar-refractivity contribution >= 4 is 50.5 Å². The van der Waals surface area contributed by atoms with E-state index < -0.39 is 15.9 Å². The van der Waals surface area contributed by atoms with Crippen LogP contribution in [-0.4, -0.2) is 19.5 Å². The molecule has 0 aliphatic carbocycles. The first-order valence-corrected chi connectivity index (χ1v) is 9.80. The largest absolute Gasteiger partial charge is 0.361 e. The summed E-state index contributed by atoms with van der Waals surface area (Å²) in [6, 6.07) is 10.2. The second-order valence-corrected chi connectivity index (χ2v) is 8.10. The third-order valence-corrected chi connectivity index (χ3v) is 5.31. The summed E-state index contributed by atoms with van der Waals surface area (Å²) >= 11 is 11.7. The zero-order valence-electron chi connectivity index (χ0n) is 13.9. The Labute approximate surface area is 165 Å². The Morgan fingerprint density at radius 2 is 1.74 bits per heavy atom. The molecule has 2 N–H and O–H groups in total. The molecule has 1 aromatic heterocycles. The number of benzene rings is 2. The molecule has 1 amide bonds. The van der Waals surface area contributed by atoms with Crippen LogP contribution >= 0.6 is 23.2 Å². The summed E-state index contributed by atoms with van der Waals surface area (Å²) in [5, 5.41) is 6.61. The predicted molar refractivity (Wildman–Crippen MR) is 103 cm³/mol. The molecule has 3 aromatic rings. The summed E-state index contributed by atoms with van der Waals surface area (Å²) in [6.45, 7) is 1.61. The van der Waals surface area contributed by atoms with Crippen LogP contribution in [0.2, 0.25) is 10.0 Å². The normalized spacial score (nSPS) is 11.2. The molecule has 1 heterocycles. The molecule has 140 valence electrons. The summed E-state index contributed by atoms with van der Waals surface area (Å²) < 4.78 is 32.3. The standard InChI is InChI=1S/C17H13Cl2N3O4S/c1-10-16(9-20-26-10)17(23)21-13-3-2-4-14(8-13)22-27(24,25)15-6-11(18)5-12(19)7-15/h2-9,22H,1H3,(H,21,23). The minimum atomic E-state index is -3.91. The summed E-state index contributed by atoms with van der Waals surface area (Å²) in [7, 11) is -3.91. The molecular formula is C17H13Cl2N3O4S. The molecular weight excluding hydrogens is 413 g/mol. The van der Waals surface area contributed by atoms with Gasteiger partial charge in [0.05, 0.1) is 16.8 Å². The fourth-order valence-electron chi connectivity index (χ4n) is 2.27. The Balaban J connectivity index is 1.81. The molecule has 27 heavy (non-hydrogen) atoms. The lowest BCUT2D eigenvalue weighted by molar-refractivity contribution is 0.102. The molecule has 0 aliphatic heterocycles. The van der Waals surface area contributed by atoms with Crippen molar-refractivity contribution in [2.24, 2.45) is 0 Å². The molecule has 0 unspecified atom stereocenters. The number of halogens is 2. The lowest BCUT2D eigenvalue weighted by Crippen LogP contribution is -2.14. The zero-order valence-corrected chi connectivity index (χ0v) is 16.2. The number of sulfonamides is 1. The molecule has 2 aromatic carbocycles. The summed E-state index contributed by atoms with van der Waals surface area (Å²) in [5.74, 6) is -0.0439. The SMILES string of the molecule is Cc1oncc1C(=O)Nc1cccc(NS(=O)(=O)c2cc(Cl)cc(Cl)c2)c1. The maximum Gasteiger partial charge on any atom is 0.261 e. The second kappa shape index (κ2) is 7.59. The van der Waals surface area contributed by atoms with E-state index in [4.69, 9.17) is 27.7 Å². The lowest BCUT2D eigenvalue weighted by Gasteiger charge is -2.11. The summed E-state index contributed by atoms with van der Waals surface area (Å²) in [6.07, 6.45) is 1.31. The lowest BCUT2D eigenvalue weighted by atomic mass is 10.2. The average Bonchev–Trinajstić information content (AvgIpc) is 3.00. The van der Waals surface area contributed by atoms with Crippen molar-refractivity contribution in [1.29, 1.82) is 0 Å². The second-order valence-electron chi connectivity index (χ2n) is 5.54. The molecule has 0 bridgehead atoms. The number of amides is 1. The number of nitrogens with zero attached hydrogens (tertiary/aromatic N) is 1. The van der Waals surface area contributed by atoms with Gasteiger partial charge in [0.2, 0.25) is 0 Å². The molecule has 0 fully saturated rings. The number of carbonyl (C=O) groups is 1. The van der Waals surface area contributed by atoms with Gasteiger partial charge in [0.15, 0.2) is 0 Å². The minimum absolute atomic E-state index is 0.0745. The van der Waals surface area contributed by atoms with Crippen LogP contribution in [0.1, 0.15) is 16.1 Å². The van der Waals surface area contributed by atoms with Gasteiger partial charge < -0.3 is 9.84 Å². The van der Waals surface area contributed by atoms with Crippen LogP contribution in [0.15, 0.2) is 58.1 Å². The van der Waals surface area contributed by atoms with Crippen molar-refractivity contribution in [3.05, 3.63) is 70.0 Å². The topological polar surface area (TPSA) is 101 Å². The van der Waals surface area contributed by atoms with Gasteiger partial charge in [-0.2, -0.15) is 0 Å². The van der Waals surface area contributed by atoms with Crippen molar-refractivity contribution in [3.8, 4) is 0 Å². The van der Waals surface area contributed by atoms with Gasteiger partial charge in [-0.15, -0.1) is 0 Å². The van der Waals surface area contributed by atoms with Crippen molar-refractivity contribution in [3.63, 3.8) is 0 Å². The van der Waals surface area contributed by atoms with Gasteiger partial charge in [-0.25, -0.2) is 8.42 Å². The molecule has 10 heteroatoms. The van der Waals surface area contributed by atoms with E-state index in [1.807, 2.05) is 0 Å². The van der Waals surface area contributed by atoms with Crippen LogP contribution in [-0.2, 0) is 10.0 Å². The molecule has 0 atom stereocenters. The van der Waals surface area contributed by atoms with Gasteiger partial charge in [-0.05, 0) is 43.3 Å². The Kier molecular flexibility index (Phi) is 5.41. The fraction of sp³-hybridized carbons (Fsp3) is 0.0588. The first kappa shape index (κ1) is 19.2. The highest BCUT2D eigenvalue weighted by Crippen LogP contribution is 2.25. The number of anilines is 2. The van der Waals surface area contributed by atoms with Crippen LogP contribution in [0.25, 0.3) is 0 Å². The Bertz CT molecular complexity index is 1090. The Morgan fingerprint density at radius 1 is 1.07 bits per heavy atom. The number of carbonyl (C=O) groups excluding carboxylic acids is 1. The first-order chi connectivity index (χ1) is 12.7. The quantitative estimate of drug-likeness (QED) is 0.632. The van der Waals surface area contributed by atoms with Crippen LogP contribution in [0, 0.1) is 6.92 Å². The number of rotatable bonds is 5. The molecule has 0 saturated heterocycles. The Morgan fingerprint density at radius 3 is 2.37 bits per heavy atom. The molecule has 7 nitrogen and oxygen atoms in total. The number of hydrogen-bond donors (Lipinski definition) is 2. The van der Waals surface area contributed by atoms with Crippen molar-refractivity contribution in [2.45, 2.75) is 11.8 Å². The van der Waals surface area contributed by atoms with Gasteiger partial charge in [0.25, 0.3) is 15.9 Å². The zero-order chi connectivity index (χ0) is 19.6. The van der Waals surface area contributed by atoms with E-state index >= 15 is 0 Å². The predicted octanol–water partition coefficient (Wildman–Crippen LogP) is 4.34. The minimum Gasteiger partial charge on any atom is -0.361 e. The van der Waals surface area contributed by atoms with Crippen molar-refractivity contribution in [2.75, 3.05) is 10.0 Å². The third kappa shape index (κ3) is 4.60. The number of aryl methyl sites for hydroxylation is 1. The Hall–Kier alpha value is -2.55. The molecule has 0 spiro atoms. The van der Waals surface area contributed by atoms with Crippen LogP contribution in [0.3, 0.4) is 0 Å². The first-order valence-electron chi connectivity index (χ1n) is 7.56. The number of hydrogen-bond acceptors (Lipinski definition) is 5. The maximum absolute atomic E-state index is 12.5. The molecule has 3 rings (SSSR count). The van der Waals surface area contributed by atoms with E-state index in [-0.39, 0.29) is 26.2 Å². The molecule has 0 aliphatic rings. The van der Waals surface area contributed by atoms with E-state index in [1.54, 1.807) is 25.1 Å². The van der Waals surface area contributed by atoms with Crippen LogP contribution in [0.5, 0.6) is 0 Å².